The van der Waals surface area contributed by atoms with E-state index in [0.717, 1.165) is 17.3 Å². The van der Waals surface area contributed by atoms with Crippen molar-refractivity contribution in [2.75, 3.05) is 5.32 Å². The molecule has 2 aromatic rings. The Morgan fingerprint density at radius 1 is 1.47 bits per heavy atom. The third-order valence-electron chi connectivity index (χ3n) is 2.03. The summed E-state index contributed by atoms with van der Waals surface area (Å²) < 4.78 is 7.90. The molecule has 78 valence electrons. The van der Waals surface area contributed by atoms with Gasteiger partial charge in [-0.3, -0.25) is 4.98 Å². The number of nitrogens with zero attached hydrogens (tertiary/aromatic N) is 3. The largest absolute Gasteiger partial charge is 0.363 e. The van der Waals surface area contributed by atoms with Crippen LogP contribution in [0, 0.1) is 6.92 Å². The van der Waals surface area contributed by atoms with Crippen LogP contribution in [0.25, 0.3) is 0 Å². The van der Waals surface area contributed by atoms with Crippen LogP contribution >= 0.6 is 23.3 Å². The summed E-state index contributed by atoms with van der Waals surface area (Å²) in [6, 6.07) is 1.97. The van der Waals surface area contributed by atoms with Crippen LogP contribution in [0.5, 0.6) is 0 Å². The molecule has 0 unspecified atom stereocenters. The lowest BCUT2D eigenvalue weighted by Crippen LogP contribution is -2.02. The first-order chi connectivity index (χ1) is 7.27. The fourth-order valence-electron chi connectivity index (χ4n) is 1.16. The minimum Gasteiger partial charge on any atom is -0.363 e. The number of nitrogens with one attached hydrogen (secondary N) is 1. The van der Waals surface area contributed by atoms with E-state index in [1.807, 2.05) is 19.2 Å². The van der Waals surface area contributed by atoms with Crippen LogP contribution in [0.15, 0.2) is 18.5 Å². The molecule has 0 saturated heterocycles. The van der Waals surface area contributed by atoms with E-state index >= 15 is 0 Å². The molecule has 0 aliphatic heterocycles. The van der Waals surface area contributed by atoms with Gasteiger partial charge in [-0.25, -0.2) is 0 Å². The highest BCUT2D eigenvalue weighted by Crippen LogP contribution is 2.18. The Kier molecular flexibility index (Phi) is 3.13. The predicted molar refractivity (Wildman–Crippen MR) is 61.2 cm³/mol. The van der Waals surface area contributed by atoms with Crippen LogP contribution < -0.4 is 5.32 Å². The van der Waals surface area contributed by atoms with Gasteiger partial charge in [0, 0.05) is 18.9 Å². The molecular weight excluding hydrogens is 232 g/mol. The predicted octanol–water partition coefficient (Wildman–Crippen LogP) is 2.51. The first-order valence-corrected chi connectivity index (χ1v) is 5.49. The van der Waals surface area contributed by atoms with Crippen molar-refractivity contribution >= 4 is 29.1 Å². The standard InChI is InChI=1S/C9H9ClN4S/c1-6-4-11-3-2-7(6)5-12-9-8(10)13-15-14-9/h2-4H,5H2,1H3,(H,12,14). The lowest BCUT2D eigenvalue weighted by molar-refractivity contribution is 1.08. The zero-order chi connectivity index (χ0) is 10.7. The number of hydrogen-bond acceptors (Lipinski definition) is 5. The molecule has 1 N–H and O–H groups in total. The summed E-state index contributed by atoms with van der Waals surface area (Å²) in [5, 5.41) is 3.55. The number of halogens is 1. The second-order valence-electron chi connectivity index (χ2n) is 3.06. The van der Waals surface area contributed by atoms with E-state index in [-0.39, 0.29) is 0 Å². The summed E-state index contributed by atoms with van der Waals surface area (Å²) in [4.78, 5) is 4.03. The number of pyridine rings is 1. The van der Waals surface area contributed by atoms with Crippen LogP contribution in [0.3, 0.4) is 0 Å². The van der Waals surface area contributed by atoms with Crippen molar-refractivity contribution in [3.8, 4) is 0 Å². The van der Waals surface area contributed by atoms with Crippen molar-refractivity contribution in [2.45, 2.75) is 13.5 Å². The van der Waals surface area contributed by atoms with Gasteiger partial charge in [-0.2, -0.15) is 8.75 Å². The number of aromatic nitrogens is 3. The summed E-state index contributed by atoms with van der Waals surface area (Å²) in [5.74, 6) is 0.637. The molecule has 0 radical (unpaired) electrons. The van der Waals surface area contributed by atoms with E-state index in [0.29, 0.717) is 17.5 Å². The van der Waals surface area contributed by atoms with E-state index < -0.39 is 0 Å². The lowest BCUT2D eigenvalue weighted by Gasteiger charge is -2.05. The van der Waals surface area contributed by atoms with Crippen LogP contribution in [0.2, 0.25) is 5.15 Å². The fourth-order valence-corrected chi connectivity index (χ4v) is 1.85. The van der Waals surface area contributed by atoms with Crippen LogP contribution in [0.4, 0.5) is 5.82 Å². The molecule has 0 bridgehead atoms. The number of aryl methyl sites for hydroxylation is 1. The smallest absolute Gasteiger partial charge is 0.186 e. The molecule has 15 heavy (non-hydrogen) atoms. The molecule has 0 spiro atoms. The molecular formula is C9H9ClN4S. The molecule has 0 aromatic carbocycles. The van der Waals surface area contributed by atoms with E-state index in [2.05, 4.69) is 19.0 Å². The zero-order valence-corrected chi connectivity index (χ0v) is 9.64. The van der Waals surface area contributed by atoms with Gasteiger partial charge in [0.2, 0.25) is 0 Å². The fraction of sp³-hybridized carbons (Fsp3) is 0.222. The van der Waals surface area contributed by atoms with Crippen LogP contribution in [-0.4, -0.2) is 13.7 Å². The quantitative estimate of drug-likeness (QED) is 0.896. The van der Waals surface area contributed by atoms with Gasteiger partial charge in [0.15, 0.2) is 11.0 Å². The average molecular weight is 241 g/mol. The molecule has 0 amide bonds. The molecule has 0 atom stereocenters. The summed E-state index contributed by atoms with van der Waals surface area (Å²) >= 11 is 6.91. The molecule has 2 aromatic heterocycles. The van der Waals surface area contributed by atoms with Gasteiger partial charge in [0.05, 0.1) is 11.7 Å². The third-order valence-corrected chi connectivity index (χ3v) is 2.92. The molecule has 4 nitrogen and oxygen atoms in total. The monoisotopic (exact) mass is 240 g/mol. The van der Waals surface area contributed by atoms with Gasteiger partial charge >= 0.3 is 0 Å². The van der Waals surface area contributed by atoms with E-state index in [1.165, 1.54) is 5.56 Å². The van der Waals surface area contributed by atoms with Gasteiger partial charge in [0.25, 0.3) is 0 Å². The summed E-state index contributed by atoms with van der Waals surface area (Å²) in [6.45, 7) is 2.70. The van der Waals surface area contributed by atoms with E-state index in [4.69, 9.17) is 11.6 Å². The molecule has 0 aliphatic rings. The number of rotatable bonds is 3. The van der Waals surface area contributed by atoms with Crippen molar-refractivity contribution in [2.24, 2.45) is 0 Å². The maximum absolute atomic E-state index is 5.81. The Morgan fingerprint density at radius 2 is 2.33 bits per heavy atom. The van der Waals surface area contributed by atoms with E-state index in [1.54, 1.807) is 6.20 Å². The molecule has 6 heteroatoms. The maximum atomic E-state index is 5.81. The summed E-state index contributed by atoms with van der Waals surface area (Å²) in [7, 11) is 0. The molecule has 0 saturated carbocycles. The highest BCUT2D eigenvalue weighted by Gasteiger charge is 2.04. The summed E-state index contributed by atoms with van der Waals surface area (Å²) in [6.07, 6.45) is 3.60. The van der Waals surface area contributed by atoms with Crippen molar-refractivity contribution in [3.63, 3.8) is 0 Å². The third kappa shape index (κ3) is 2.43. The topological polar surface area (TPSA) is 50.7 Å². The number of hydrogen-bond donors (Lipinski definition) is 1. The zero-order valence-electron chi connectivity index (χ0n) is 8.07. The molecule has 2 rings (SSSR count). The average Bonchev–Trinajstić information content (AvgIpc) is 2.63. The Morgan fingerprint density at radius 3 is 3.00 bits per heavy atom. The van der Waals surface area contributed by atoms with Gasteiger partial charge in [-0.1, -0.05) is 11.6 Å². The highest BCUT2D eigenvalue weighted by atomic mass is 35.5. The maximum Gasteiger partial charge on any atom is 0.186 e. The lowest BCUT2D eigenvalue weighted by atomic mass is 10.1. The van der Waals surface area contributed by atoms with Crippen molar-refractivity contribution < 1.29 is 0 Å². The van der Waals surface area contributed by atoms with Gasteiger partial charge in [0.1, 0.15) is 0 Å². The van der Waals surface area contributed by atoms with Gasteiger partial charge in [-0.15, -0.1) is 0 Å². The second kappa shape index (κ2) is 4.55. The van der Waals surface area contributed by atoms with Crippen molar-refractivity contribution in [1.29, 1.82) is 0 Å². The van der Waals surface area contributed by atoms with Crippen molar-refractivity contribution in [3.05, 3.63) is 34.7 Å². The first kappa shape index (κ1) is 10.3. The van der Waals surface area contributed by atoms with E-state index in [9.17, 15) is 0 Å². The Labute approximate surface area is 96.7 Å². The van der Waals surface area contributed by atoms with Crippen LogP contribution in [-0.2, 0) is 6.54 Å². The highest BCUT2D eigenvalue weighted by molar-refractivity contribution is 6.99. The normalized spacial score (nSPS) is 10.3. The minimum atomic E-state index is 0.423. The van der Waals surface area contributed by atoms with Gasteiger partial charge in [-0.05, 0) is 24.1 Å². The van der Waals surface area contributed by atoms with Crippen LogP contribution in [0.1, 0.15) is 11.1 Å². The van der Waals surface area contributed by atoms with Crippen molar-refractivity contribution in [1.82, 2.24) is 13.7 Å². The molecule has 0 aliphatic carbocycles. The SMILES string of the molecule is Cc1cnccc1CNc1nsnc1Cl. The molecule has 0 fully saturated rings. The number of anilines is 1. The molecule has 2 heterocycles. The second-order valence-corrected chi connectivity index (χ2v) is 3.95. The minimum absolute atomic E-state index is 0.423. The summed E-state index contributed by atoms with van der Waals surface area (Å²) in [5.41, 5.74) is 2.32. The first-order valence-electron chi connectivity index (χ1n) is 4.39. The Balaban J connectivity index is 2.06. The Bertz CT molecular complexity index is 457. The Hall–Kier alpha value is -1.20. The van der Waals surface area contributed by atoms with Gasteiger partial charge < -0.3 is 5.32 Å².